The van der Waals surface area contributed by atoms with E-state index >= 15 is 0 Å². The topological polar surface area (TPSA) is 83.5 Å². The zero-order valence-electron chi connectivity index (χ0n) is 11.6. The van der Waals surface area contributed by atoms with Crippen LogP contribution in [0.3, 0.4) is 0 Å². The van der Waals surface area contributed by atoms with E-state index in [1.54, 1.807) is 6.92 Å². The highest BCUT2D eigenvalue weighted by Gasteiger charge is 2.21. The molecular formula is C14H15NO4S2. The summed E-state index contributed by atoms with van der Waals surface area (Å²) < 4.78 is 27.0. The van der Waals surface area contributed by atoms with E-state index in [0.29, 0.717) is 4.88 Å². The molecule has 1 heterocycles. The van der Waals surface area contributed by atoms with Crippen LogP contribution >= 0.6 is 11.3 Å². The number of rotatable bonds is 5. The molecule has 0 spiro atoms. The summed E-state index contributed by atoms with van der Waals surface area (Å²) in [5.41, 5.74) is 1.90. The van der Waals surface area contributed by atoms with E-state index in [1.807, 2.05) is 31.2 Å². The second-order valence-corrected chi connectivity index (χ2v) is 7.64. The van der Waals surface area contributed by atoms with Crippen molar-refractivity contribution in [1.82, 2.24) is 4.72 Å². The normalized spacial score (nSPS) is 11.5. The van der Waals surface area contributed by atoms with Crippen LogP contribution in [0.4, 0.5) is 0 Å². The van der Waals surface area contributed by atoms with Gasteiger partial charge in [-0.2, -0.15) is 0 Å². The zero-order valence-corrected chi connectivity index (χ0v) is 13.2. The van der Waals surface area contributed by atoms with Gasteiger partial charge in [-0.25, -0.2) is 17.9 Å². The lowest BCUT2D eigenvalue weighted by Gasteiger charge is -2.07. The molecule has 1 aromatic carbocycles. The van der Waals surface area contributed by atoms with Crippen LogP contribution in [0.15, 0.2) is 35.2 Å². The van der Waals surface area contributed by atoms with Gasteiger partial charge in [0.1, 0.15) is 4.88 Å². The molecule has 2 N–H and O–H groups in total. The number of benzene rings is 1. The van der Waals surface area contributed by atoms with E-state index < -0.39 is 16.0 Å². The highest BCUT2D eigenvalue weighted by molar-refractivity contribution is 7.89. The maximum atomic E-state index is 12.2. The van der Waals surface area contributed by atoms with Gasteiger partial charge in [-0.1, -0.05) is 29.8 Å². The fourth-order valence-electron chi connectivity index (χ4n) is 1.92. The molecule has 0 aliphatic rings. The molecule has 0 bridgehead atoms. The van der Waals surface area contributed by atoms with Gasteiger partial charge in [0.2, 0.25) is 10.0 Å². The van der Waals surface area contributed by atoms with Gasteiger partial charge in [0.15, 0.2) is 0 Å². The monoisotopic (exact) mass is 325 g/mol. The minimum Gasteiger partial charge on any atom is -0.477 e. The van der Waals surface area contributed by atoms with Crippen molar-refractivity contribution in [3.05, 3.63) is 51.2 Å². The number of nitrogens with one attached hydrogen (secondary N) is 1. The predicted octanol–water partition coefficient (Wildman–Crippen LogP) is 2.54. The van der Waals surface area contributed by atoms with Gasteiger partial charge >= 0.3 is 5.97 Å². The Balaban J connectivity index is 2.21. The number of hydrogen-bond acceptors (Lipinski definition) is 4. The average molecular weight is 325 g/mol. The lowest BCUT2D eigenvalue weighted by atomic mass is 10.1. The van der Waals surface area contributed by atoms with E-state index in [1.165, 1.54) is 6.07 Å². The number of hydrogen-bond donors (Lipinski definition) is 2. The molecule has 0 atom stereocenters. The van der Waals surface area contributed by atoms with Crippen molar-refractivity contribution in [2.24, 2.45) is 0 Å². The Kier molecular flexibility index (Phi) is 4.46. The highest BCUT2D eigenvalue weighted by atomic mass is 32.2. The van der Waals surface area contributed by atoms with Crippen LogP contribution in [0.5, 0.6) is 0 Å². The van der Waals surface area contributed by atoms with Crippen molar-refractivity contribution in [1.29, 1.82) is 0 Å². The first-order valence-corrected chi connectivity index (χ1v) is 8.48. The third kappa shape index (κ3) is 3.69. The predicted molar refractivity (Wildman–Crippen MR) is 81.2 cm³/mol. The molecule has 0 unspecified atom stereocenters. The van der Waals surface area contributed by atoms with Gasteiger partial charge in [0, 0.05) is 11.4 Å². The SMILES string of the molecule is Cc1cccc(CNS(=O)(=O)c2cc(C(=O)O)sc2C)c1. The first-order chi connectivity index (χ1) is 9.79. The van der Waals surface area contributed by atoms with Crippen LogP contribution in [0, 0.1) is 13.8 Å². The summed E-state index contributed by atoms with van der Waals surface area (Å²) in [6.45, 7) is 3.69. The molecule has 2 rings (SSSR count). The minimum absolute atomic E-state index is 0.0171. The van der Waals surface area contributed by atoms with Gasteiger partial charge in [-0.3, -0.25) is 0 Å². The molecule has 7 heteroatoms. The summed E-state index contributed by atoms with van der Waals surface area (Å²) in [7, 11) is -3.72. The number of thiophene rings is 1. The number of carboxylic acid groups (broad SMARTS) is 1. The van der Waals surface area contributed by atoms with Gasteiger partial charge in [-0.15, -0.1) is 11.3 Å². The summed E-state index contributed by atoms with van der Waals surface area (Å²) >= 11 is 0.955. The highest BCUT2D eigenvalue weighted by Crippen LogP contribution is 2.25. The van der Waals surface area contributed by atoms with Gasteiger partial charge in [-0.05, 0) is 25.5 Å². The Morgan fingerprint density at radius 2 is 2.00 bits per heavy atom. The molecule has 21 heavy (non-hydrogen) atoms. The first kappa shape index (κ1) is 15.7. The Bertz CT molecular complexity index is 778. The second kappa shape index (κ2) is 5.97. The summed E-state index contributed by atoms with van der Waals surface area (Å²) in [6, 6.07) is 8.71. The van der Waals surface area contributed by atoms with Crippen LogP contribution in [-0.2, 0) is 16.6 Å². The molecule has 1 aromatic heterocycles. The molecule has 0 aliphatic carbocycles. The maximum absolute atomic E-state index is 12.2. The number of carboxylic acids is 1. The summed E-state index contributed by atoms with van der Waals surface area (Å²) in [5.74, 6) is -1.12. The average Bonchev–Trinajstić information content (AvgIpc) is 2.80. The van der Waals surface area contributed by atoms with E-state index in [9.17, 15) is 13.2 Å². The Labute approximate surface area is 127 Å². The Morgan fingerprint density at radius 3 is 2.57 bits per heavy atom. The van der Waals surface area contributed by atoms with Crippen LogP contribution in [-0.4, -0.2) is 19.5 Å². The standard InChI is InChI=1S/C14H15NO4S2/c1-9-4-3-5-11(6-9)8-15-21(18,19)13-7-12(14(16)17)20-10(13)2/h3-7,15H,8H2,1-2H3,(H,16,17). The lowest BCUT2D eigenvalue weighted by molar-refractivity contribution is 0.0702. The summed E-state index contributed by atoms with van der Waals surface area (Å²) in [6.07, 6.45) is 0. The first-order valence-electron chi connectivity index (χ1n) is 6.18. The quantitative estimate of drug-likeness (QED) is 0.885. The summed E-state index contributed by atoms with van der Waals surface area (Å²) in [4.78, 5) is 11.4. The van der Waals surface area contributed by atoms with Crippen LogP contribution in [0.25, 0.3) is 0 Å². The molecule has 2 aromatic rings. The molecule has 0 saturated carbocycles. The van der Waals surface area contributed by atoms with Gasteiger partial charge < -0.3 is 5.11 Å². The smallest absolute Gasteiger partial charge is 0.345 e. The number of sulfonamides is 1. The molecule has 0 fully saturated rings. The minimum atomic E-state index is -3.72. The molecule has 0 aliphatic heterocycles. The van der Waals surface area contributed by atoms with Gasteiger partial charge in [0.25, 0.3) is 0 Å². The third-order valence-corrected chi connectivity index (χ3v) is 5.62. The largest absolute Gasteiger partial charge is 0.477 e. The number of aromatic carboxylic acids is 1. The molecule has 0 amide bonds. The van der Waals surface area contributed by atoms with Crippen molar-refractivity contribution >= 4 is 27.3 Å². The molecule has 112 valence electrons. The van der Waals surface area contributed by atoms with Crippen molar-refractivity contribution < 1.29 is 18.3 Å². The fraction of sp³-hybridized carbons (Fsp3) is 0.214. The van der Waals surface area contributed by atoms with Crippen molar-refractivity contribution in [3.63, 3.8) is 0 Å². The number of carbonyl (C=O) groups is 1. The maximum Gasteiger partial charge on any atom is 0.345 e. The van der Waals surface area contributed by atoms with E-state index in [2.05, 4.69) is 4.72 Å². The van der Waals surface area contributed by atoms with Crippen LogP contribution in [0.1, 0.15) is 25.7 Å². The van der Waals surface area contributed by atoms with E-state index in [4.69, 9.17) is 5.11 Å². The second-order valence-electron chi connectivity index (χ2n) is 4.65. The number of aryl methyl sites for hydroxylation is 2. The van der Waals surface area contributed by atoms with Crippen molar-refractivity contribution in [2.45, 2.75) is 25.3 Å². The van der Waals surface area contributed by atoms with Crippen LogP contribution < -0.4 is 4.72 Å². The van der Waals surface area contributed by atoms with Crippen molar-refractivity contribution in [3.8, 4) is 0 Å². The zero-order chi connectivity index (χ0) is 15.6. The molecule has 0 radical (unpaired) electrons. The van der Waals surface area contributed by atoms with E-state index in [-0.39, 0.29) is 16.3 Å². The molecular weight excluding hydrogens is 310 g/mol. The van der Waals surface area contributed by atoms with Crippen molar-refractivity contribution in [2.75, 3.05) is 0 Å². The fourth-order valence-corrected chi connectivity index (χ4v) is 4.36. The van der Waals surface area contributed by atoms with Crippen LogP contribution in [0.2, 0.25) is 0 Å². The lowest BCUT2D eigenvalue weighted by Crippen LogP contribution is -2.23. The summed E-state index contributed by atoms with van der Waals surface area (Å²) in [5, 5.41) is 8.92. The Morgan fingerprint density at radius 1 is 1.29 bits per heavy atom. The van der Waals surface area contributed by atoms with E-state index in [0.717, 1.165) is 22.5 Å². The van der Waals surface area contributed by atoms with Gasteiger partial charge in [0.05, 0.1) is 4.90 Å². The third-order valence-electron chi connectivity index (χ3n) is 2.92. The molecule has 5 nitrogen and oxygen atoms in total. The molecule has 0 saturated heterocycles. The Hall–Kier alpha value is -1.70.